The van der Waals surface area contributed by atoms with Crippen LogP contribution in [0.1, 0.15) is 39.0 Å². The largest absolute Gasteiger partial charge is 0.302 e. The molecule has 1 aliphatic rings. The molecule has 0 aromatic rings. The molecule has 0 radical (unpaired) electrons. The standard InChI is InChI=1S/C10H20ClN/c1-9(11)8-12(2)10-6-4-3-5-7-10/h9-10H,3-8H2,1-2H3. The molecule has 0 aromatic carbocycles. The fourth-order valence-corrected chi connectivity index (χ4v) is 2.29. The lowest BCUT2D eigenvalue weighted by Crippen LogP contribution is -2.36. The quantitative estimate of drug-likeness (QED) is 0.618. The number of hydrogen-bond donors (Lipinski definition) is 0. The van der Waals surface area contributed by atoms with Crippen LogP contribution in [0.3, 0.4) is 0 Å². The Bertz CT molecular complexity index is 119. The number of rotatable bonds is 3. The van der Waals surface area contributed by atoms with E-state index in [2.05, 4.69) is 18.9 Å². The van der Waals surface area contributed by atoms with Crippen LogP contribution < -0.4 is 0 Å². The molecule has 2 heteroatoms. The Morgan fingerprint density at radius 1 is 1.33 bits per heavy atom. The van der Waals surface area contributed by atoms with E-state index in [0.717, 1.165) is 12.6 Å². The maximum atomic E-state index is 5.95. The number of nitrogens with zero attached hydrogens (tertiary/aromatic N) is 1. The van der Waals surface area contributed by atoms with E-state index < -0.39 is 0 Å². The molecule has 0 aliphatic heterocycles. The van der Waals surface area contributed by atoms with Crippen molar-refractivity contribution in [1.29, 1.82) is 0 Å². The normalized spacial score (nSPS) is 23.0. The van der Waals surface area contributed by atoms with Crippen molar-refractivity contribution in [2.75, 3.05) is 13.6 Å². The first kappa shape index (κ1) is 10.3. The average Bonchev–Trinajstić information content (AvgIpc) is 2.05. The van der Waals surface area contributed by atoms with Gasteiger partial charge < -0.3 is 4.90 Å². The van der Waals surface area contributed by atoms with E-state index >= 15 is 0 Å². The molecular weight excluding hydrogens is 170 g/mol. The summed E-state index contributed by atoms with van der Waals surface area (Å²) >= 11 is 5.95. The van der Waals surface area contributed by atoms with Crippen LogP contribution in [0, 0.1) is 0 Å². The molecule has 0 spiro atoms. The number of halogens is 1. The van der Waals surface area contributed by atoms with Gasteiger partial charge in [0.05, 0.1) is 0 Å². The van der Waals surface area contributed by atoms with Gasteiger partial charge >= 0.3 is 0 Å². The van der Waals surface area contributed by atoms with Crippen molar-refractivity contribution in [3.05, 3.63) is 0 Å². The van der Waals surface area contributed by atoms with Gasteiger partial charge in [-0.2, -0.15) is 0 Å². The summed E-state index contributed by atoms with van der Waals surface area (Å²) in [5.74, 6) is 0. The summed E-state index contributed by atoms with van der Waals surface area (Å²) < 4.78 is 0. The predicted octanol–water partition coefficient (Wildman–Crippen LogP) is 2.88. The zero-order valence-corrected chi connectivity index (χ0v) is 8.98. The van der Waals surface area contributed by atoms with Gasteiger partial charge in [0.25, 0.3) is 0 Å². The van der Waals surface area contributed by atoms with Crippen molar-refractivity contribution in [2.45, 2.75) is 50.4 Å². The van der Waals surface area contributed by atoms with E-state index in [1.807, 2.05) is 0 Å². The van der Waals surface area contributed by atoms with Crippen LogP contribution in [0.25, 0.3) is 0 Å². The first-order valence-electron chi connectivity index (χ1n) is 5.04. The monoisotopic (exact) mass is 189 g/mol. The van der Waals surface area contributed by atoms with E-state index in [-0.39, 0.29) is 5.38 Å². The fourth-order valence-electron chi connectivity index (χ4n) is 2.07. The Hall–Kier alpha value is 0.250. The van der Waals surface area contributed by atoms with Gasteiger partial charge in [-0.05, 0) is 26.8 Å². The highest BCUT2D eigenvalue weighted by atomic mass is 35.5. The van der Waals surface area contributed by atoms with Crippen LogP contribution in [-0.2, 0) is 0 Å². The van der Waals surface area contributed by atoms with Crippen LogP contribution in [0.5, 0.6) is 0 Å². The van der Waals surface area contributed by atoms with E-state index in [0.29, 0.717) is 0 Å². The van der Waals surface area contributed by atoms with Gasteiger partial charge in [-0.1, -0.05) is 19.3 Å². The molecule has 0 N–H and O–H groups in total. The molecule has 12 heavy (non-hydrogen) atoms. The molecule has 0 heterocycles. The lowest BCUT2D eigenvalue weighted by Gasteiger charge is -2.31. The summed E-state index contributed by atoms with van der Waals surface area (Å²) in [4.78, 5) is 2.43. The van der Waals surface area contributed by atoms with Gasteiger partial charge in [0.1, 0.15) is 0 Å². The zero-order valence-electron chi connectivity index (χ0n) is 8.22. The molecule has 1 nitrogen and oxygen atoms in total. The number of hydrogen-bond acceptors (Lipinski definition) is 1. The molecule has 0 bridgehead atoms. The van der Waals surface area contributed by atoms with E-state index in [1.54, 1.807) is 0 Å². The SMILES string of the molecule is CC(Cl)CN(C)C1CCCCC1. The summed E-state index contributed by atoms with van der Waals surface area (Å²) in [6.45, 7) is 3.10. The summed E-state index contributed by atoms with van der Waals surface area (Å²) in [6.07, 6.45) is 7.00. The first-order chi connectivity index (χ1) is 5.70. The molecule has 1 rings (SSSR count). The smallest absolute Gasteiger partial charge is 0.0435 e. The second-order valence-electron chi connectivity index (χ2n) is 4.01. The summed E-state index contributed by atoms with van der Waals surface area (Å²) in [7, 11) is 2.20. The van der Waals surface area contributed by atoms with E-state index in [4.69, 9.17) is 11.6 Å². The van der Waals surface area contributed by atoms with Crippen LogP contribution in [-0.4, -0.2) is 29.9 Å². The van der Waals surface area contributed by atoms with Crippen LogP contribution in [0.4, 0.5) is 0 Å². The third kappa shape index (κ3) is 3.32. The Labute approximate surface area is 81.1 Å². The summed E-state index contributed by atoms with van der Waals surface area (Å²) in [5.41, 5.74) is 0. The van der Waals surface area contributed by atoms with Crippen molar-refractivity contribution < 1.29 is 0 Å². The number of alkyl halides is 1. The highest BCUT2D eigenvalue weighted by Crippen LogP contribution is 2.21. The Kier molecular flexibility index (Phi) is 4.38. The highest BCUT2D eigenvalue weighted by molar-refractivity contribution is 6.20. The van der Waals surface area contributed by atoms with Gasteiger partial charge in [0.2, 0.25) is 0 Å². The molecule has 0 saturated heterocycles. The molecule has 1 saturated carbocycles. The minimum absolute atomic E-state index is 0.289. The molecule has 1 unspecified atom stereocenters. The molecule has 0 aromatic heterocycles. The lowest BCUT2D eigenvalue weighted by atomic mass is 9.94. The second-order valence-corrected chi connectivity index (χ2v) is 4.76. The van der Waals surface area contributed by atoms with E-state index in [1.165, 1.54) is 32.1 Å². The summed E-state index contributed by atoms with van der Waals surface area (Å²) in [6, 6.07) is 0.806. The average molecular weight is 190 g/mol. The second kappa shape index (κ2) is 5.08. The molecule has 72 valence electrons. The summed E-state index contributed by atoms with van der Waals surface area (Å²) in [5, 5.41) is 0.289. The topological polar surface area (TPSA) is 3.24 Å². The van der Waals surface area contributed by atoms with Gasteiger partial charge in [0, 0.05) is 18.0 Å². The van der Waals surface area contributed by atoms with Crippen LogP contribution in [0.15, 0.2) is 0 Å². The molecule has 1 aliphatic carbocycles. The van der Waals surface area contributed by atoms with Gasteiger partial charge in [-0.25, -0.2) is 0 Å². The van der Waals surface area contributed by atoms with E-state index in [9.17, 15) is 0 Å². The fraction of sp³-hybridized carbons (Fsp3) is 1.00. The highest BCUT2D eigenvalue weighted by Gasteiger charge is 2.18. The third-order valence-corrected chi connectivity index (χ3v) is 2.88. The zero-order chi connectivity index (χ0) is 8.97. The van der Waals surface area contributed by atoms with Gasteiger partial charge in [0.15, 0.2) is 0 Å². The maximum absolute atomic E-state index is 5.95. The predicted molar refractivity (Wildman–Crippen MR) is 54.8 cm³/mol. The third-order valence-electron chi connectivity index (χ3n) is 2.74. The Balaban J connectivity index is 2.24. The minimum Gasteiger partial charge on any atom is -0.302 e. The molecule has 1 atom stereocenters. The lowest BCUT2D eigenvalue weighted by molar-refractivity contribution is 0.193. The van der Waals surface area contributed by atoms with Crippen LogP contribution >= 0.6 is 11.6 Å². The molecule has 1 fully saturated rings. The van der Waals surface area contributed by atoms with Crippen molar-refractivity contribution in [3.8, 4) is 0 Å². The Morgan fingerprint density at radius 2 is 1.92 bits per heavy atom. The van der Waals surface area contributed by atoms with Crippen molar-refractivity contribution in [1.82, 2.24) is 4.90 Å². The van der Waals surface area contributed by atoms with Crippen LogP contribution in [0.2, 0.25) is 0 Å². The first-order valence-corrected chi connectivity index (χ1v) is 5.48. The Morgan fingerprint density at radius 3 is 2.42 bits per heavy atom. The molecule has 0 amide bonds. The maximum Gasteiger partial charge on any atom is 0.0435 e. The van der Waals surface area contributed by atoms with Crippen molar-refractivity contribution in [2.24, 2.45) is 0 Å². The van der Waals surface area contributed by atoms with Gasteiger partial charge in [-0.3, -0.25) is 0 Å². The van der Waals surface area contributed by atoms with Crippen molar-refractivity contribution in [3.63, 3.8) is 0 Å². The minimum atomic E-state index is 0.289. The van der Waals surface area contributed by atoms with Crippen molar-refractivity contribution >= 4 is 11.6 Å². The molecular formula is C10H20ClN. The van der Waals surface area contributed by atoms with Gasteiger partial charge in [-0.15, -0.1) is 11.6 Å².